The average Bonchev–Trinajstić information content (AvgIpc) is 3.20. The van der Waals surface area contributed by atoms with Crippen LogP contribution in [-0.2, 0) is 4.74 Å². The zero-order valence-corrected chi connectivity index (χ0v) is 19.0. The zero-order valence-electron chi connectivity index (χ0n) is 15.9. The van der Waals surface area contributed by atoms with Crippen LogP contribution in [0.2, 0.25) is 0 Å². The second kappa shape index (κ2) is 8.77. The summed E-state index contributed by atoms with van der Waals surface area (Å²) in [5.41, 5.74) is 0.910. The van der Waals surface area contributed by atoms with Crippen LogP contribution in [0.4, 0.5) is 4.79 Å². The predicted octanol–water partition coefficient (Wildman–Crippen LogP) is 3.35. The van der Waals surface area contributed by atoms with Gasteiger partial charge in [-0.3, -0.25) is 4.99 Å². The highest BCUT2D eigenvalue weighted by molar-refractivity contribution is 14.0. The number of aliphatic imine (C=N–C) groups is 1. The van der Waals surface area contributed by atoms with E-state index in [4.69, 9.17) is 4.74 Å². The number of halogens is 1. The molecule has 2 aliphatic heterocycles. The molecule has 2 aliphatic rings. The van der Waals surface area contributed by atoms with Crippen LogP contribution in [0.3, 0.4) is 0 Å². The lowest BCUT2D eigenvalue weighted by Gasteiger charge is -2.39. The van der Waals surface area contributed by atoms with Crippen molar-refractivity contribution in [2.24, 2.45) is 4.99 Å². The molecule has 0 aliphatic carbocycles. The first kappa shape index (κ1) is 21.3. The first-order chi connectivity index (χ1) is 11.8. The lowest BCUT2D eigenvalue weighted by molar-refractivity contribution is 0.0137. The van der Waals surface area contributed by atoms with Crippen molar-refractivity contribution in [3.63, 3.8) is 0 Å². The summed E-state index contributed by atoms with van der Waals surface area (Å²) < 4.78 is 5.49. The smallest absolute Gasteiger partial charge is 0.410 e. The number of thiophene rings is 1. The van der Waals surface area contributed by atoms with Crippen molar-refractivity contribution in [3.05, 3.63) is 22.4 Å². The van der Waals surface area contributed by atoms with Gasteiger partial charge in [0, 0.05) is 26.2 Å². The molecule has 1 aromatic rings. The molecule has 26 heavy (non-hydrogen) atoms. The Hall–Kier alpha value is -1.03. The molecule has 1 fully saturated rings. The van der Waals surface area contributed by atoms with Gasteiger partial charge in [-0.25, -0.2) is 4.79 Å². The maximum Gasteiger partial charge on any atom is 0.410 e. The zero-order chi connectivity index (χ0) is 18.0. The number of rotatable bonds is 3. The molecule has 1 amide bonds. The number of nitrogens with one attached hydrogen (secondary N) is 1. The van der Waals surface area contributed by atoms with E-state index >= 15 is 0 Å². The number of hydrogen-bond donors (Lipinski definition) is 1. The Morgan fingerprint density at radius 2 is 2.23 bits per heavy atom. The van der Waals surface area contributed by atoms with Gasteiger partial charge in [0.2, 0.25) is 0 Å². The van der Waals surface area contributed by atoms with Crippen molar-refractivity contribution >= 4 is 47.4 Å². The van der Waals surface area contributed by atoms with Crippen LogP contribution in [0.15, 0.2) is 21.8 Å². The average molecular weight is 492 g/mol. The molecular weight excluding hydrogens is 463 g/mol. The number of piperazine rings is 1. The molecule has 146 valence electrons. The molecule has 1 N–H and O–H groups in total. The number of hydrogen-bond acceptors (Lipinski definition) is 6. The molecule has 3 heterocycles. The summed E-state index contributed by atoms with van der Waals surface area (Å²) in [4.78, 5) is 21.0. The van der Waals surface area contributed by atoms with E-state index < -0.39 is 5.60 Å². The lowest BCUT2D eigenvalue weighted by atomic mass is 10.1. The monoisotopic (exact) mass is 492 g/mol. The van der Waals surface area contributed by atoms with Gasteiger partial charge in [-0.1, -0.05) is 6.92 Å². The van der Waals surface area contributed by atoms with E-state index in [1.165, 1.54) is 5.56 Å². The van der Waals surface area contributed by atoms with Crippen LogP contribution < -0.4 is 5.32 Å². The van der Waals surface area contributed by atoms with Crippen LogP contribution in [0.25, 0.3) is 0 Å². The highest BCUT2D eigenvalue weighted by atomic mass is 127. The molecule has 0 bridgehead atoms. The van der Waals surface area contributed by atoms with Gasteiger partial charge in [0.15, 0.2) is 5.96 Å². The van der Waals surface area contributed by atoms with Crippen molar-refractivity contribution in [2.45, 2.75) is 45.3 Å². The number of ether oxygens (including phenoxy) is 1. The molecule has 8 heteroatoms. The van der Waals surface area contributed by atoms with E-state index in [1.807, 2.05) is 20.8 Å². The van der Waals surface area contributed by atoms with Crippen LogP contribution in [0.5, 0.6) is 0 Å². The molecule has 2 atom stereocenters. The van der Waals surface area contributed by atoms with Crippen molar-refractivity contribution in [1.29, 1.82) is 0 Å². The van der Waals surface area contributed by atoms with Gasteiger partial charge >= 0.3 is 6.09 Å². The van der Waals surface area contributed by atoms with E-state index in [0.717, 1.165) is 25.6 Å². The van der Waals surface area contributed by atoms with Gasteiger partial charge in [0.25, 0.3) is 0 Å². The summed E-state index contributed by atoms with van der Waals surface area (Å²) in [6.07, 6.45) is -0.223. The number of fused-ring (bicyclic) bond motifs is 1. The highest BCUT2D eigenvalue weighted by Gasteiger charge is 2.36. The second-order valence-corrected chi connectivity index (χ2v) is 8.56. The maximum atomic E-state index is 12.3. The van der Waals surface area contributed by atoms with Crippen LogP contribution in [-0.4, -0.2) is 66.2 Å². The van der Waals surface area contributed by atoms with Gasteiger partial charge in [0.05, 0.1) is 12.6 Å². The predicted molar refractivity (Wildman–Crippen MR) is 117 cm³/mol. The number of carbonyl (C=O) groups excluding carboxylic acids is 1. The van der Waals surface area contributed by atoms with Gasteiger partial charge in [-0.05, 0) is 49.1 Å². The Morgan fingerprint density at radius 1 is 1.46 bits per heavy atom. The minimum Gasteiger partial charge on any atom is -0.444 e. The molecule has 0 radical (unpaired) electrons. The van der Waals surface area contributed by atoms with Crippen molar-refractivity contribution in [1.82, 2.24) is 15.1 Å². The highest BCUT2D eigenvalue weighted by Crippen LogP contribution is 2.20. The molecule has 1 aromatic heterocycles. The SMILES string of the molecule is CC(CNC1=NCC2CN(C(=O)OC(C)(C)C)CCN12)c1ccsc1.I. The largest absolute Gasteiger partial charge is 0.444 e. The van der Waals surface area contributed by atoms with Gasteiger partial charge in [0.1, 0.15) is 5.60 Å². The molecule has 1 saturated heterocycles. The number of guanidine groups is 1. The fourth-order valence-electron chi connectivity index (χ4n) is 3.14. The fourth-order valence-corrected chi connectivity index (χ4v) is 3.92. The summed E-state index contributed by atoms with van der Waals surface area (Å²) in [6, 6.07) is 2.43. The van der Waals surface area contributed by atoms with Crippen LogP contribution >= 0.6 is 35.3 Å². The summed E-state index contributed by atoms with van der Waals surface area (Å²) in [6.45, 7) is 11.7. The Balaban J connectivity index is 0.00000243. The fraction of sp³-hybridized carbons (Fsp3) is 0.667. The first-order valence-corrected chi connectivity index (χ1v) is 9.83. The summed E-state index contributed by atoms with van der Waals surface area (Å²) in [5, 5.41) is 7.81. The summed E-state index contributed by atoms with van der Waals surface area (Å²) in [7, 11) is 0. The van der Waals surface area contributed by atoms with E-state index in [-0.39, 0.29) is 36.1 Å². The lowest BCUT2D eigenvalue weighted by Crippen LogP contribution is -2.57. The number of amides is 1. The Morgan fingerprint density at radius 3 is 2.88 bits per heavy atom. The van der Waals surface area contributed by atoms with Gasteiger partial charge in [-0.15, -0.1) is 24.0 Å². The van der Waals surface area contributed by atoms with Crippen molar-refractivity contribution < 1.29 is 9.53 Å². The van der Waals surface area contributed by atoms with Gasteiger partial charge in [-0.2, -0.15) is 11.3 Å². The standard InChI is InChI=1S/C18H28N4O2S.HI/c1-13(14-5-8-25-12-14)9-19-16-20-10-15-11-21(6-7-22(15)16)17(23)24-18(2,3)4;/h5,8,12-13,15H,6-7,9-11H2,1-4H3,(H,19,20);1H. The molecule has 0 spiro atoms. The van der Waals surface area contributed by atoms with E-state index in [0.29, 0.717) is 19.0 Å². The third-order valence-corrected chi connectivity index (χ3v) is 5.24. The van der Waals surface area contributed by atoms with E-state index in [9.17, 15) is 4.79 Å². The molecule has 0 aromatic carbocycles. The molecule has 2 unspecified atom stereocenters. The van der Waals surface area contributed by atoms with Gasteiger partial charge < -0.3 is 19.9 Å². The van der Waals surface area contributed by atoms with E-state index in [2.05, 4.69) is 39.0 Å². The number of nitrogens with zero attached hydrogens (tertiary/aromatic N) is 3. The molecule has 0 saturated carbocycles. The summed E-state index contributed by atoms with van der Waals surface area (Å²) in [5.74, 6) is 1.42. The Bertz CT molecular complexity index is 630. The first-order valence-electron chi connectivity index (χ1n) is 8.88. The Labute approximate surface area is 177 Å². The van der Waals surface area contributed by atoms with Crippen LogP contribution in [0, 0.1) is 0 Å². The molecule has 6 nitrogen and oxygen atoms in total. The quantitative estimate of drug-likeness (QED) is 0.658. The van der Waals surface area contributed by atoms with E-state index in [1.54, 1.807) is 16.2 Å². The van der Waals surface area contributed by atoms with Crippen molar-refractivity contribution in [3.8, 4) is 0 Å². The minimum absolute atomic E-state index is 0. The minimum atomic E-state index is -0.453. The summed E-state index contributed by atoms with van der Waals surface area (Å²) >= 11 is 1.73. The topological polar surface area (TPSA) is 57.2 Å². The Kier molecular flexibility index (Phi) is 7.18. The third-order valence-electron chi connectivity index (χ3n) is 4.54. The molecular formula is C18H29IN4O2S. The van der Waals surface area contributed by atoms with Crippen LogP contribution in [0.1, 0.15) is 39.2 Å². The van der Waals surface area contributed by atoms with Crippen molar-refractivity contribution in [2.75, 3.05) is 32.7 Å². The second-order valence-electron chi connectivity index (χ2n) is 7.78. The molecule has 3 rings (SSSR count). The third kappa shape index (κ3) is 5.25. The number of carbonyl (C=O) groups is 1. The maximum absolute atomic E-state index is 12.3. The normalized spacial score (nSPS) is 20.8.